The number of carbonyl (C=O) groups is 2. The number of imide groups is 1. The minimum Gasteiger partial charge on any atom is -0.342 e. The first kappa shape index (κ1) is 22.4. The van der Waals surface area contributed by atoms with Gasteiger partial charge in [0, 0.05) is 34.2 Å². The highest BCUT2D eigenvalue weighted by atomic mass is 35.5. The molecule has 1 fully saturated rings. The fourth-order valence-corrected chi connectivity index (χ4v) is 4.96. The Bertz CT molecular complexity index is 1460. The molecular weight excluding hydrogens is 478 g/mol. The van der Waals surface area contributed by atoms with Gasteiger partial charge in [-0.1, -0.05) is 48.0 Å². The van der Waals surface area contributed by atoms with Crippen LogP contribution in [-0.2, 0) is 17.9 Å². The molecule has 170 valence electrons. The zero-order valence-corrected chi connectivity index (χ0v) is 19.2. The molecule has 1 aromatic heterocycles. The molecule has 0 unspecified atom stereocenters. The van der Waals surface area contributed by atoms with E-state index in [4.69, 9.17) is 11.6 Å². The molecule has 0 aliphatic carbocycles. The lowest BCUT2D eigenvalue weighted by atomic mass is 10.1. The van der Waals surface area contributed by atoms with Gasteiger partial charge in [0.2, 0.25) is 0 Å². The Morgan fingerprint density at radius 1 is 0.912 bits per heavy atom. The van der Waals surface area contributed by atoms with Crippen LogP contribution in [0.3, 0.4) is 0 Å². The lowest BCUT2D eigenvalue weighted by Crippen LogP contribution is -2.27. The van der Waals surface area contributed by atoms with E-state index >= 15 is 0 Å². The van der Waals surface area contributed by atoms with Gasteiger partial charge in [0.15, 0.2) is 0 Å². The number of hydrogen-bond donors (Lipinski definition) is 0. The second-order valence-corrected chi connectivity index (χ2v) is 9.26. The lowest BCUT2D eigenvalue weighted by molar-refractivity contribution is -0.123. The summed E-state index contributed by atoms with van der Waals surface area (Å²) in [7, 11) is 0. The van der Waals surface area contributed by atoms with E-state index < -0.39 is 17.0 Å². The molecule has 0 spiro atoms. The average Bonchev–Trinajstić information content (AvgIpc) is 3.29. The van der Waals surface area contributed by atoms with Gasteiger partial charge >= 0.3 is 0 Å². The van der Waals surface area contributed by atoms with E-state index in [2.05, 4.69) is 0 Å². The Labute approximate surface area is 203 Å². The van der Waals surface area contributed by atoms with Crippen molar-refractivity contribution in [1.82, 2.24) is 9.47 Å². The average molecular weight is 495 g/mol. The predicted molar refractivity (Wildman–Crippen MR) is 130 cm³/mol. The number of benzene rings is 3. The summed E-state index contributed by atoms with van der Waals surface area (Å²) >= 11 is 6.94. The third-order valence-electron chi connectivity index (χ3n) is 5.59. The molecule has 34 heavy (non-hydrogen) atoms. The second kappa shape index (κ2) is 9.08. The van der Waals surface area contributed by atoms with Crippen LogP contribution in [0.25, 0.3) is 17.0 Å². The summed E-state index contributed by atoms with van der Waals surface area (Å²) in [5, 5.41) is 0.677. The molecule has 2 amide bonds. The SMILES string of the molecule is O=C1S/C(=C\c2cn(Cc3ccc(F)cc3)c3ccccc23)C(=O)N1Cc1ccc(F)cc1Cl. The quantitative estimate of drug-likeness (QED) is 0.285. The molecule has 1 aliphatic heterocycles. The second-order valence-electron chi connectivity index (χ2n) is 7.86. The first-order valence-electron chi connectivity index (χ1n) is 10.4. The van der Waals surface area contributed by atoms with Crippen LogP contribution in [0.1, 0.15) is 16.7 Å². The van der Waals surface area contributed by atoms with Gasteiger partial charge < -0.3 is 4.57 Å². The first-order chi connectivity index (χ1) is 16.4. The van der Waals surface area contributed by atoms with Crippen LogP contribution in [0.15, 0.2) is 77.8 Å². The van der Waals surface area contributed by atoms with E-state index in [0.29, 0.717) is 17.0 Å². The minimum atomic E-state index is -0.486. The van der Waals surface area contributed by atoms with Crippen molar-refractivity contribution in [2.75, 3.05) is 0 Å². The first-order valence-corrected chi connectivity index (χ1v) is 11.6. The van der Waals surface area contributed by atoms with Gasteiger partial charge in [-0.05, 0) is 59.3 Å². The molecule has 0 atom stereocenters. The number of hydrogen-bond acceptors (Lipinski definition) is 3. The van der Waals surface area contributed by atoms with Crippen LogP contribution in [0.5, 0.6) is 0 Å². The number of nitrogens with zero attached hydrogens (tertiary/aromatic N) is 2. The van der Waals surface area contributed by atoms with Gasteiger partial charge in [-0.3, -0.25) is 14.5 Å². The third-order valence-corrected chi connectivity index (χ3v) is 6.85. The van der Waals surface area contributed by atoms with Crippen LogP contribution in [0.2, 0.25) is 5.02 Å². The number of halogens is 3. The summed E-state index contributed by atoms with van der Waals surface area (Å²) in [5.41, 5.74) is 3.17. The zero-order chi connectivity index (χ0) is 23.8. The summed E-state index contributed by atoms with van der Waals surface area (Å²) in [6.07, 6.45) is 3.62. The topological polar surface area (TPSA) is 42.3 Å². The smallest absolute Gasteiger partial charge is 0.293 e. The van der Waals surface area contributed by atoms with Gasteiger partial charge in [-0.15, -0.1) is 0 Å². The molecule has 3 aromatic carbocycles. The summed E-state index contributed by atoms with van der Waals surface area (Å²) in [4.78, 5) is 27.0. The minimum absolute atomic E-state index is 0.0343. The van der Waals surface area contributed by atoms with E-state index in [-0.39, 0.29) is 17.4 Å². The van der Waals surface area contributed by atoms with E-state index in [0.717, 1.165) is 44.8 Å². The maximum atomic E-state index is 13.3. The summed E-state index contributed by atoms with van der Waals surface area (Å²) in [6, 6.07) is 17.9. The number of rotatable bonds is 5. The Morgan fingerprint density at radius 2 is 1.65 bits per heavy atom. The molecule has 4 aromatic rings. The van der Waals surface area contributed by atoms with Crippen molar-refractivity contribution < 1.29 is 18.4 Å². The third kappa shape index (κ3) is 4.36. The molecular formula is C26H17ClF2N2O2S. The molecule has 0 saturated carbocycles. The van der Waals surface area contributed by atoms with Gasteiger partial charge in [0.05, 0.1) is 11.4 Å². The largest absolute Gasteiger partial charge is 0.342 e. The van der Waals surface area contributed by atoms with Crippen molar-refractivity contribution in [3.05, 3.63) is 111 Å². The number of para-hydroxylation sites is 1. The van der Waals surface area contributed by atoms with Crippen LogP contribution >= 0.6 is 23.4 Å². The van der Waals surface area contributed by atoms with Crippen molar-refractivity contribution in [3.8, 4) is 0 Å². The van der Waals surface area contributed by atoms with Crippen LogP contribution in [0.4, 0.5) is 13.6 Å². The highest BCUT2D eigenvalue weighted by molar-refractivity contribution is 8.18. The van der Waals surface area contributed by atoms with Gasteiger partial charge in [0.1, 0.15) is 11.6 Å². The van der Waals surface area contributed by atoms with Crippen molar-refractivity contribution in [1.29, 1.82) is 0 Å². The molecule has 2 heterocycles. The van der Waals surface area contributed by atoms with E-state index in [1.54, 1.807) is 18.2 Å². The van der Waals surface area contributed by atoms with Crippen molar-refractivity contribution in [3.63, 3.8) is 0 Å². The Balaban J connectivity index is 1.45. The highest BCUT2D eigenvalue weighted by Crippen LogP contribution is 2.36. The van der Waals surface area contributed by atoms with E-state index in [1.165, 1.54) is 24.3 Å². The number of fused-ring (bicyclic) bond motifs is 1. The van der Waals surface area contributed by atoms with Gasteiger partial charge in [0.25, 0.3) is 11.1 Å². The fraction of sp³-hybridized carbons (Fsp3) is 0.0769. The molecule has 0 radical (unpaired) electrons. The molecule has 5 rings (SSSR count). The maximum absolute atomic E-state index is 13.3. The van der Waals surface area contributed by atoms with Crippen LogP contribution < -0.4 is 0 Å². The Morgan fingerprint density at radius 3 is 2.41 bits per heavy atom. The maximum Gasteiger partial charge on any atom is 0.293 e. The summed E-state index contributed by atoms with van der Waals surface area (Å²) < 4.78 is 28.6. The van der Waals surface area contributed by atoms with Gasteiger partial charge in [-0.2, -0.15) is 0 Å². The van der Waals surface area contributed by atoms with Crippen molar-refractivity contribution in [2.24, 2.45) is 0 Å². The van der Waals surface area contributed by atoms with E-state index in [1.807, 2.05) is 35.0 Å². The Kier molecular flexibility index (Phi) is 5.98. The summed E-state index contributed by atoms with van der Waals surface area (Å²) in [6.45, 7) is 0.493. The lowest BCUT2D eigenvalue weighted by Gasteiger charge is -2.13. The van der Waals surface area contributed by atoms with Crippen molar-refractivity contribution in [2.45, 2.75) is 13.1 Å². The predicted octanol–water partition coefficient (Wildman–Crippen LogP) is 6.86. The summed E-state index contributed by atoms with van der Waals surface area (Å²) in [5.74, 6) is -1.20. The molecule has 1 saturated heterocycles. The molecule has 0 bridgehead atoms. The number of aromatic nitrogens is 1. The van der Waals surface area contributed by atoms with Gasteiger partial charge in [-0.25, -0.2) is 8.78 Å². The van der Waals surface area contributed by atoms with Crippen LogP contribution in [0, 0.1) is 11.6 Å². The fourth-order valence-electron chi connectivity index (χ4n) is 3.91. The molecule has 4 nitrogen and oxygen atoms in total. The molecule has 8 heteroatoms. The Hall–Kier alpha value is -3.42. The van der Waals surface area contributed by atoms with Crippen molar-refractivity contribution >= 4 is 51.5 Å². The normalized spacial score (nSPS) is 15.1. The molecule has 1 aliphatic rings. The van der Waals surface area contributed by atoms with E-state index in [9.17, 15) is 18.4 Å². The standard InChI is InChI=1S/C26H17ClF2N2O2S/c27-22-12-20(29)10-7-17(22)15-31-25(32)24(34-26(31)33)11-18-14-30(23-4-2-1-3-21(18)23)13-16-5-8-19(28)9-6-16/h1-12,14H,13,15H2/b24-11-. The number of thioether (sulfide) groups is 1. The number of amides is 2. The monoisotopic (exact) mass is 494 g/mol. The zero-order valence-electron chi connectivity index (χ0n) is 17.7. The number of carbonyl (C=O) groups excluding carboxylic acids is 2. The van der Waals surface area contributed by atoms with Crippen LogP contribution in [-0.4, -0.2) is 20.6 Å². The molecule has 0 N–H and O–H groups in total. The highest BCUT2D eigenvalue weighted by Gasteiger charge is 2.35.